The van der Waals surface area contributed by atoms with E-state index < -0.39 is 0 Å². The van der Waals surface area contributed by atoms with E-state index in [1.807, 2.05) is 30.5 Å². The number of para-hydroxylation sites is 1. The Labute approximate surface area is 109 Å². The zero-order valence-corrected chi connectivity index (χ0v) is 11.4. The number of benzene rings is 1. The molecule has 0 bridgehead atoms. The molecule has 18 heavy (non-hydrogen) atoms. The molecule has 2 nitrogen and oxygen atoms in total. The van der Waals surface area contributed by atoms with Crippen molar-refractivity contribution in [1.82, 2.24) is 4.98 Å². The molecular weight excluding hydrogens is 222 g/mol. The van der Waals surface area contributed by atoms with E-state index in [9.17, 15) is 5.11 Å². The molecule has 1 aromatic carbocycles. The third-order valence-corrected chi connectivity index (χ3v) is 3.04. The minimum atomic E-state index is -0.296. The molecule has 0 amide bonds. The first-order chi connectivity index (χ1) is 8.46. The highest BCUT2D eigenvalue weighted by Gasteiger charge is 2.17. The lowest BCUT2D eigenvalue weighted by molar-refractivity contribution is 0.122. The van der Waals surface area contributed by atoms with Crippen LogP contribution in [-0.4, -0.2) is 16.2 Å². The van der Waals surface area contributed by atoms with Crippen molar-refractivity contribution in [2.24, 2.45) is 5.41 Å². The van der Waals surface area contributed by atoms with Gasteiger partial charge in [-0.2, -0.15) is 0 Å². The van der Waals surface area contributed by atoms with E-state index in [1.54, 1.807) is 0 Å². The second kappa shape index (κ2) is 5.07. The van der Waals surface area contributed by atoms with Crippen molar-refractivity contribution < 1.29 is 5.11 Å². The molecule has 0 spiro atoms. The number of hydrogen-bond acceptors (Lipinski definition) is 2. The Morgan fingerprint density at radius 1 is 1.17 bits per heavy atom. The van der Waals surface area contributed by atoms with Gasteiger partial charge >= 0.3 is 0 Å². The van der Waals surface area contributed by atoms with E-state index in [0.717, 1.165) is 17.3 Å². The molecular formula is C16H21NO. The summed E-state index contributed by atoms with van der Waals surface area (Å²) in [5.41, 5.74) is 2.33. The average molecular weight is 243 g/mol. The maximum Gasteiger partial charge on any atom is 0.0704 e. The first-order valence-corrected chi connectivity index (χ1v) is 6.46. The molecule has 0 aliphatic rings. The zero-order chi connectivity index (χ0) is 13.2. The van der Waals surface area contributed by atoms with Gasteiger partial charge in [-0.25, -0.2) is 0 Å². The van der Waals surface area contributed by atoms with Gasteiger partial charge in [-0.1, -0.05) is 39.0 Å². The van der Waals surface area contributed by atoms with Gasteiger partial charge in [0.1, 0.15) is 0 Å². The predicted molar refractivity (Wildman–Crippen MR) is 75.5 cm³/mol. The van der Waals surface area contributed by atoms with Crippen LogP contribution in [0.3, 0.4) is 0 Å². The van der Waals surface area contributed by atoms with Crippen LogP contribution >= 0.6 is 0 Å². The van der Waals surface area contributed by atoms with Crippen molar-refractivity contribution in [2.75, 3.05) is 0 Å². The van der Waals surface area contributed by atoms with E-state index in [2.05, 4.69) is 31.8 Å². The van der Waals surface area contributed by atoms with Gasteiger partial charge in [-0.05, 0) is 36.0 Å². The van der Waals surface area contributed by atoms with Crippen LogP contribution in [0.25, 0.3) is 10.9 Å². The highest BCUT2D eigenvalue weighted by molar-refractivity contribution is 5.81. The van der Waals surface area contributed by atoms with Crippen molar-refractivity contribution in [3.63, 3.8) is 0 Å². The van der Waals surface area contributed by atoms with Crippen LogP contribution < -0.4 is 0 Å². The van der Waals surface area contributed by atoms with Crippen LogP contribution in [0.2, 0.25) is 0 Å². The predicted octanol–water partition coefficient (Wildman–Crippen LogP) is 3.57. The lowest BCUT2D eigenvalue weighted by Crippen LogP contribution is -2.19. The summed E-state index contributed by atoms with van der Waals surface area (Å²) in [4.78, 5) is 4.34. The summed E-state index contributed by atoms with van der Waals surface area (Å²) >= 11 is 0. The molecule has 0 fully saturated rings. The van der Waals surface area contributed by atoms with Crippen LogP contribution in [0.4, 0.5) is 0 Å². The van der Waals surface area contributed by atoms with E-state index >= 15 is 0 Å². The van der Waals surface area contributed by atoms with Gasteiger partial charge in [0, 0.05) is 11.6 Å². The fourth-order valence-corrected chi connectivity index (χ4v) is 2.37. The van der Waals surface area contributed by atoms with Crippen molar-refractivity contribution in [3.8, 4) is 0 Å². The first-order valence-electron chi connectivity index (χ1n) is 6.46. The Morgan fingerprint density at radius 2 is 1.89 bits per heavy atom. The molecule has 2 aromatic rings. The molecule has 1 N–H and O–H groups in total. The SMILES string of the molecule is CC(C)(C)CC(O)Cc1ccnc2ccccc12. The number of pyridine rings is 1. The Bertz CT molecular complexity index is 523. The number of aliphatic hydroxyl groups excluding tert-OH is 1. The average Bonchev–Trinajstić information content (AvgIpc) is 2.27. The van der Waals surface area contributed by atoms with E-state index in [0.29, 0.717) is 6.42 Å². The number of fused-ring (bicyclic) bond motifs is 1. The summed E-state index contributed by atoms with van der Waals surface area (Å²) in [6.07, 6.45) is 3.03. The second-order valence-electron chi connectivity index (χ2n) is 6.11. The van der Waals surface area contributed by atoms with Gasteiger partial charge in [-0.15, -0.1) is 0 Å². The third-order valence-electron chi connectivity index (χ3n) is 3.04. The Morgan fingerprint density at radius 3 is 2.61 bits per heavy atom. The minimum Gasteiger partial charge on any atom is -0.393 e. The Balaban J connectivity index is 2.21. The number of hydrogen-bond donors (Lipinski definition) is 1. The van der Waals surface area contributed by atoms with Crippen molar-refractivity contribution >= 4 is 10.9 Å². The quantitative estimate of drug-likeness (QED) is 0.894. The normalized spacial score (nSPS) is 13.8. The monoisotopic (exact) mass is 243 g/mol. The molecule has 96 valence electrons. The van der Waals surface area contributed by atoms with Crippen LogP contribution in [0.5, 0.6) is 0 Å². The molecule has 1 aromatic heterocycles. The molecule has 1 heterocycles. The molecule has 0 aliphatic carbocycles. The summed E-state index contributed by atoms with van der Waals surface area (Å²) < 4.78 is 0. The molecule has 0 saturated heterocycles. The molecule has 2 rings (SSSR count). The van der Waals surface area contributed by atoms with E-state index in [1.165, 1.54) is 5.56 Å². The fourth-order valence-electron chi connectivity index (χ4n) is 2.37. The number of nitrogens with zero attached hydrogens (tertiary/aromatic N) is 1. The smallest absolute Gasteiger partial charge is 0.0704 e. The third kappa shape index (κ3) is 3.30. The lowest BCUT2D eigenvalue weighted by atomic mass is 9.87. The highest BCUT2D eigenvalue weighted by atomic mass is 16.3. The maximum atomic E-state index is 10.2. The number of aliphatic hydroxyl groups is 1. The molecule has 1 atom stereocenters. The molecule has 0 saturated carbocycles. The van der Waals surface area contributed by atoms with Crippen molar-refractivity contribution in [1.29, 1.82) is 0 Å². The zero-order valence-electron chi connectivity index (χ0n) is 11.4. The van der Waals surface area contributed by atoms with Gasteiger partial charge < -0.3 is 5.11 Å². The van der Waals surface area contributed by atoms with Crippen molar-refractivity contribution in [2.45, 2.75) is 39.7 Å². The standard InChI is InChI=1S/C16H21NO/c1-16(2,3)11-13(18)10-12-8-9-17-15-7-5-4-6-14(12)15/h4-9,13,18H,10-11H2,1-3H3. The summed E-state index contributed by atoms with van der Waals surface area (Å²) in [5.74, 6) is 0. The van der Waals surface area contributed by atoms with Crippen LogP contribution in [0.15, 0.2) is 36.5 Å². The maximum absolute atomic E-state index is 10.2. The van der Waals surface area contributed by atoms with Gasteiger partial charge in [-0.3, -0.25) is 4.98 Å². The number of rotatable bonds is 3. The van der Waals surface area contributed by atoms with Gasteiger partial charge in [0.25, 0.3) is 0 Å². The first kappa shape index (κ1) is 13.0. The van der Waals surface area contributed by atoms with Crippen LogP contribution in [-0.2, 0) is 6.42 Å². The van der Waals surface area contributed by atoms with Crippen LogP contribution in [0.1, 0.15) is 32.8 Å². The molecule has 0 radical (unpaired) electrons. The van der Waals surface area contributed by atoms with Crippen molar-refractivity contribution in [3.05, 3.63) is 42.1 Å². The Kier molecular flexibility index (Phi) is 3.67. The van der Waals surface area contributed by atoms with E-state index in [-0.39, 0.29) is 11.5 Å². The van der Waals surface area contributed by atoms with Gasteiger partial charge in [0.05, 0.1) is 11.6 Å². The largest absolute Gasteiger partial charge is 0.393 e. The molecule has 2 heteroatoms. The van der Waals surface area contributed by atoms with Gasteiger partial charge in [0.15, 0.2) is 0 Å². The van der Waals surface area contributed by atoms with Crippen LogP contribution in [0, 0.1) is 5.41 Å². The summed E-state index contributed by atoms with van der Waals surface area (Å²) in [6.45, 7) is 6.46. The lowest BCUT2D eigenvalue weighted by Gasteiger charge is -2.22. The highest BCUT2D eigenvalue weighted by Crippen LogP contribution is 2.24. The van der Waals surface area contributed by atoms with Gasteiger partial charge in [0.2, 0.25) is 0 Å². The Hall–Kier alpha value is -1.41. The fraction of sp³-hybridized carbons (Fsp3) is 0.438. The molecule has 0 aliphatic heterocycles. The molecule has 1 unspecified atom stereocenters. The minimum absolute atomic E-state index is 0.155. The summed E-state index contributed by atoms with van der Waals surface area (Å²) in [6, 6.07) is 10.1. The van der Waals surface area contributed by atoms with E-state index in [4.69, 9.17) is 0 Å². The number of aromatic nitrogens is 1. The topological polar surface area (TPSA) is 33.1 Å². The summed E-state index contributed by atoms with van der Waals surface area (Å²) in [7, 11) is 0. The summed E-state index contributed by atoms with van der Waals surface area (Å²) in [5, 5.41) is 11.3. The second-order valence-corrected chi connectivity index (χ2v) is 6.11.